The van der Waals surface area contributed by atoms with Gasteiger partial charge in [-0.3, -0.25) is 9.36 Å². The molecule has 0 saturated heterocycles. The van der Waals surface area contributed by atoms with E-state index >= 15 is 0 Å². The maximum absolute atomic E-state index is 13.6. The minimum Gasteiger partial charge on any atom is -0.465 e. The van der Waals surface area contributed by atoms with Crippen LogP contribution in [-0.4, -0.2) is 57.1 Å². The third kappa shape index (κ3) is 7.88. The number of para-hydroxylation sites is 1. The van der Waals surface area contributed by atoms with Crippen LogP contribution in [0.4, 0.5) is 11.8 Å². The molecule has 0 radical (unpaired) electrons. The van der Waals surface area contributed by atoms with Crippen LogP contribution in [0.3, 0.4) is 0 Å². The zero-order valence-electron chi connectivity index (χ0n) is 20.4. The van der Waals surface area contributed by atoms with Crippen LogP contribution >= 0.6 is 7.52 Å². The van der Waals surface area contributed by atoms with Crippen molar-refractivity contribution in [2.75, 3.05) is 30.6 Å². The highest BCUT2D eigenvalue weighted by Gasteiger charge is 2.31. The summed E-state index contributed by atoms with van der Waals surface area (Å²) in [5.41, 5.74) is 7.12. The van der Waals surface area contributed by atoms with Gasteiger partial charge in [-0.1, -0.05) is 32.5 Å². The number of hydrogen-bond acceptors (Lipinski definition) is 10. The third-order valence-corrected chi connectivity index (χ3v) is 7.13. The Morgan fingerprint density at radius 1 is 1.24 bits per heavy atom. The number of esters is 1. The summed E-state index contributed by atoms with van der Waals surface area (Å²) in [6.45, 7) is 4.34. The van der Waals surface area contributed by atoms with Crippen LogP contribution in [0.25, 0.3) is 11.2 Å². The predicted molar refractivity (Wildman–Crippen MR) is 142 cm³/mol. The number of fused-ring (bicyclic) bond motifs is 1. The quantitative estimate of drug-likeness (QED) is 0.157. The van der Waals surface area contributed by atoms with Crippen molar-refractivity contribution in [3.63, 3.8) is 0 Å². The number of nitrogens with one attached hydrogen (secondary N) is 2. The normalized spacial score (nSPS) is 15.4. The van der Waals surface area contributed by atoms with Gasteiger partial charge in [0.25, 0.3) is 0 Å². The Labute approximate surface area is 216 Å². The first-order chi connectivity index (χ1) is 17.4. The number of hydrogen-bond donors (Lipinski definition) is 3. The van der Waals surface area contributed by atoms with Crippen molar-refractivity contribution in [1.29, 1.82) is 0 Å². The van der Waals surface area contributed by atoms with Crippen LogP contribution in [0.5, 0.6) is 5.75 Å². The van der Waals surface area contributed by atoms with Gasteiger partial charge in [-0.15, -0.1) is 0 Å². The maximum atomic E-state index is 13.6. The molecule has 0 spiro atoms. The summed E-state index contributed by atoms with van der Waals surface area (Å²) < 4.78 is 32.1. The molecule has 13 heteroatoms. The lowest BCUT2D eigenvalue weighted by Crippen LogP contribution is -2.35. The smallest absolute Gasteiger partial charge is 0.342 e. The van der Waals surface area contributed by atoms with Gasteiger partial charge in [-0.05, 0) is 38.3 Å². The van der Waals surface area contributed by atoms with Crippen molar-refractivity contribution in [3.8, 4) is 5.75 Å². The minimum absolute atomic E-state index is 0. The van der Waals surface area contributed by atoms with Crippen molar-refractivity contribution in [2.24, 2.45) is 0 Å². The number of nitrogens with zero attached hydrogens (tertiary/aromatic N) is 4. The highest BCUT2D eigenvalue weighted by molar-refractivity contribution is 7.57. The second kappa shape index (κ2) is 12.8. The first-order valence-electron chi connectivity index (χ1n) is 12.0. The molecule has 1 fully saturated rings. The molecule has 12 nitrogen and oxygen atoms in total. The molecule has 37 heavy (non-hydrogen) atoms. The molecule has 1 aliphatic rings. The van der Waals surface area contributed by atoms with Gasteiger partial charge in [0.15, 0.2) is 17.0 Å². The summed E-state index contributed by atoms with van der Waals surface area (Å²) in [4.78, 5) is 25.2. The van der Waals surface area contributed by atoms with E-state index < -0.39 is 19.5 Å². The fraction of sp³-hybridized carbons (Fsp3) is 0.500. The fourth-order valence-corrected chi connectivity index (χ4v) is 5.12. The largest absolute Gasteiger partial charge is 0.465 e. The number of rotatable bonds is 14. The molecular formula is C24H36N7O5P. The Bertz CT molecular complexity index is 1220. The predicted octanol–water partition coefficient (Wildman–Crippen LogP) is 3.80. The standard InChI is InChI=1S/C23H32N7O5P.CH4/c1-3-12-34-22(31)16(2)29-36(32,35-18-7-5-4-6-8-18)15-33-13-11-30-14-25-19-20(26-17-9-10-17)27-23(24)28-21(19)30;/h4-8,14,16-17H,3,9-13,15H2,1-2H3,(H,29,32)(H3,24,26,27,28);1H4. The molecule has 1 saturated carbocycles. The molecular weight excluding hydrogens is 497 g/mol. The summed E-state index contributed by atoms with van der Waals surface area (Å²) in [5.74, 6) is 0.664. The molecule has 2 aromatic heterocycles. The van der Waals surface area contributed by atoms with Gasteiger partial charge in [-0.2, -0.15) is 9.97 Å². The van der Waals surface area contributed by atoms with E-state index in [9.17, 15) is 9.36 Å². The Hall–Kier alpha value is -3.21. The van der Waals surface area contributed by atoms with Crippen molar-refractivity contribution < 1.29 is 23.4 Å². The van der Waals surface area contributed by atoms with Gasteiger partial charge in [0.2, 0.25) is 5.95 Å². The second-order valence-electron chi connectivity index (χ2n) is 8.59. The molecule has 4 N–H and O–H groups in total. The molecule has 0 bridgehead atoms. The Kier molecular flexibility index (Phi) is 9.85. The Morgan fingerprint density at radius 2 is 2.00 bits per heavy atom. The first kappa shape index (κ1) is 28.4. The van der Waals surface area contributed by atoms with E-state index in [4.69, 9.17) is 19.7 Å². The van der Waals surface area contributed by atoms with E-state index in [0.717, 1.165) is 12.8 Å². The lowest BCUT2D eigenvalue weighted by molar-refractivity contribution is -0.145. The number of carbonyl (C=O) groups excluding carboxylic acids is 1. The summed E-state index contributed by atoms with van der Waals surface area (Å²) in [6.07, 6.45) is 4.26. The van der Waals surface area contributed by atoms with Crippen LogP contribution < -0.4 is 20.7 Å². The van der Waals surface area contributed by atoms with E-state index in [1.807, 2.05) is 13.0 Å². The zero-order valence-corrected chi connectivity index (χ0v) is 21.3. The van der Waals surface area contributed by atoms with Crippen LogP contribution in [0, 0.1) is 0 Å². The topological polar surface area (TPSA) is 156 Å². The highest BCUT2D eigenvalue weighted by atomic mass is 31.2. The van der Waals surface area contributed by atoms with Gasteiger partial charge in [-0.25, -0.2) is 10.1 Å². The summed E-state index contributed by atoms with van der Waals surface area (Å²) in [6, 6.07) is 8.28. The number of aromatic nitrogens is 4. The van der Waals surface area contributed by atoms with Crippen molar-refractivity contribution in [2.45, 2.75) is 59.2 Å². The Morgan fingerprint density at radius 3 is 2.70 bits per heavy atom. The lowest BCUT2D eigenvalue weighted by atomic mass is 10.3. The second-order valence-corrected chi connectivity index (χ2v) is 10.6. The van der Waals surface area contributed by atoms with Crippen molar-refractivity contribution in [1.82, 2.24) is 24.6 Å². The van der Waals surface area contributed by atoms with Crippen LogP contribution in [0.2, 0.25) is 0 Å². The molecule has 0 amide bonds. The molecule has 2 atom stereocenters. The van der Waals surface area contributed by atoms with Gasteiger partial charge in [0, 0.05) is 12.6 Å². The first-order valence-corrected chi connectivity index (χ1v) is 13.8. The number of nitrogens with two attached hydrogens (primary N) is 1. The number of anilines is 2. The van der Waals surface area contributed by atoms with E-state index in [1.54, 1.807) is 42.1 Å². The number of carbonyl (C=O) groups is 1. The highest BCUT2D eigenvalue weighted by Crippen LogP contribution is 2.43. The van der Waals surface area contributed by atoms with Gasteiger partial charge in [0.1, 0.15) is 18.1 Å². The third-order valence-electron chi connectivity index (χ3n) is 5.33. The number of imidazole rings is 1. The van der Waals surface area contributed by atoms with E-state index in [2.05, 4.69) is 25.4 Å². The SMILES string of the molecule is C.CCCOC(=O)C(C)NP(=O)(COCCn1cnc2c(NC3CC3)nc(N)nc21)Oc1ccccc1. The molecule has 1 aromatic carbocycles. The summed E-state index contributed by atoms with van der Waals surface area (Å²) in [5, 5.41) is 6.11. The van der Waals surface area contributed by atoms with Gasteiger partial charge < -0.3 is 29.6 Å². The summed E-state index contributed by atoms with van der Waals surface area (Å²) >= 11 is 0. The van der Waals surface area contributed by atoms with E-state index in [-0.39, 0.29) is 32.9 Å². The van der Waals surface area contributed by atoms with Crippen LogP contribution in [0.1, 0.15) is 40.5 Å². The molecule has 4 rings (SSSR count). The van der Waals surface area contributed by atoms with Crippen LogP contribution in [-0.2, 0) is 25.4 Å². The lowest BCUT2D eigenvalue weighted by Gasteiger charge is -2.23. The summed E-state index contributed by atoms with van der Waals surface area (Å²) in [7, 11) is -3.62. The van der Waals surface area contributed by atoms with Gasteiger partial charge in [0.05, 0.1) is 19.5 Å². The molecule has 202 valence electrons. The number of ether oxygens (including phenoxy) is 2. The molecule has 1 aliphatic carbocycles. The van der Waals surface area contributed by atoms with Crippen molar-refractivity contribution in [3.05, 3.63) is 36.7 Å². The van der Waals surface area contributed by atoms with E-state index in [0.29, 0.717) is 41.7 Å². The Balaban J connectivity index is 0.00000380. The molecule has 2 unspecified atom stereocenters. The fourth-order valence-electron chi connectivity index (χ4n) is 3.41. The monoisotopic (exact) mass is 533 g/mol. The minimum atomic E-state index is -3.62. The molecule has 3 aromatic rings. The average Bonchev–Trinajstić information content (AvgIpc) is 3.58. The number of benzene rings is 1. The van der Waals surface area contributed by atoms with Gasteiger partial charge >= 0.3 is 13.5 Å². The maximum Gasteiger partial charge on any atom is 0.342 e. The average molecular weight is 534 g/mol. The van der Waals surface area contributed by atoms with E-state index in [1.165, 1.54) is 0 Å². The van der Waals surface area contributed by atoms with Crippen LogP contribution in [0.15, 0.2) is 36.7 Å². The zero-order chi connectivity index (χ0) is 25.5. The van der Waals surface area contributed by atoms with Crippen molar-refractivity contribution >= 4 is 36.4 Å². The molecule has 0 aliphatic heterocycles. The molecule has 2 heterocycles. The number of nitrogen functional groups attached to an aromatic ring is 1.